The first-order valence-corrected chi connectivity index (χ1v) is 12.8. The van der Waals surface area contributed by atoms with Gasteiger partial charge in [0, 0.05) is 50.7 Å². The third-order valence-corrected chi connectivity index (χ3v) is 7.00. The molecular formula is C26H32FN5O3S. The molecule has 2 aromatic carbocycles. The van der Waals surface area contributed by atoms with Gasteiger partial charge in [0.05, 0.1) is 31.2 Å². The second-order valence-corrected chi connectivity index (χ2v) is 9.48. The zero-order chi connectivity index (χ0) is 25.5. The van der Waals surface area contributed by atoms with Crippen LogP contribution in [0, 0.1) is 12.7 Å². The number of aromatic nitrogens is 1. The number of nitrogens with zero attached hydrogens (tertiary/aromatic N) is 3. The van der Waals surface area contributed by atoms with Crippen molar-refractivity contribution in [2.24, 2.45) is 4.99 Å². The normalized spacial score (nSPS) is 14.7. The molecule has 1 saturated heterocycles. The maximum atomic E-state index is 13.8. The Morgan fingerprint density at radius 1 is 1.22 bits per heavy atom. The first kappa shape index (κ1) is 26.0. The maximum Gasteiger partial charge on any atom is 0.314 e. The van der Waals surface area contributed by atoms with E-state index in [9.17, 15) is 14.3 Å². The fourth-order valence-corrected chi connectivity index (χ4v) is 5.12. The van der Waals surface area contributed by atoms with Crippen LogP contribution in [0.4, 0.5) is 14.9 Å². The Balaban J connectivity index is 1.69. The third-order valence-electron chi connectivity index (χ3n) is 6.14. The van der Waals surface area contributed by atoms with Gasteiger partial charge in [-0.05, 0) is 41.8 Å². The topological polar surface area (TPSA) is 91.1 Å². The number of amides is 2. The van der Waals surface area contributed by atoms with Gasteiger partial charge >= 0.3 is 6.03 Å². The number of hydrogen-bond acceptors (Lipinski definition) is 6. The SMILES string of the molecule is CNC(=O)NCCn1c(-c2ccc(CN3CCOCC3)cc2CO)cs/c1=N\c1ccc(F)c(C)c1. The average molecular weight is 514 g/mol. The first-order chi connectivity index (χ1) is 17.5. The molecule has 2 heterocycles. The van der Waals surface area contributed by atoms with Crippen LogP contribution in [0.2, 0.25) is 0 Å². The molecule has 3 N–H and O–H groups in total. The van der Waals surface area contributed by atoms with Crippen molar-refractivity contribution in [1.29, 1.82) is 0 Å². The molecule has 0 spiro atoms. The molecular weight excluding hydrogens is 481 g/mol. The van der Waals surface area contributed by atoms with Crippen LogP contribution in [-0.2, 0) is 24.4 Å². The Hall–Kier alpha value is -3.05. The number of urea groups is 1. The minimum atomic E-state index is -0.270. The van der Waals surface area contributed by atoms with Crippen molar-refractivity contribution in [3.8, 4) is 11.3 Å². The van der Waals surface area contributed by atoms with E-state index in [1.807, 2.05) is 16.0 Å². The average Bonchev–Trinajstić information content (AvgIpc) is 3.28. The van der Waals surface area contributed by atoms with Crippen molar-refractivity contribution in [2.75, 3.05) is 39.9 Å². The lowest BCUT2D eigenvalue weighted by atomic mass is 10.0. The molecule has 4 rings (SSSR count). The highest BCUT2D eigenvalue weighted by Gasteiger charge is 2.15. The molecule has 1 aliphatic heterocycles. The Bertz CT molecular complexity index is 1270. The number of nitrogens with one attached hydrogen (secondary N) is 2. The number of carbonyl (C=O) groups is 1. The van der Waals surface area contributed by atoms with Gasteiger partial charge in [0.2, 0.25) is 0 Å². The van der Waals surface area contributed by atoms with E-state index in [1.165, 1.54) is 17.4 Å². The van der Waals surface area contributed by atoms with E-state index in [2.05, 4.69) is 27.7 Å². The fourth-order valence-electron chi connectivity index (χ4n) is 4.17. The van der Waals surface area contributed by atoms with Crippen LogP contribution in [0.25, 0.3) is 11.3 Å². The Morgan fingerprint density at radius 3 is 2.75 bits per heavy atom. The smallest absolute Gasteiger partial charge is 0.314 e. The van der Waals surface area contributed by atoms with Gasteiger partial charge in [-0.3, -0.25) is 4.90 Å². The number of aliphatic hydroxyl groups excluding tert-OH is 1. The van der Waals surface area contributed by atoms with Crippen LogP contribution in [0.3, 0.4) is 0 Å². The molecule has 3 aromatic rings. The van der Waals surface area contributed by atoms with E-state index in [4.69, 9.17) is 9.73 Å². The second kappa shape index (κ2) is 12.3. The standard InChI is InChI=1S/C26H32FN5O3S/c1-18-13-21(4-6-23(18)27)30-26-32(8-7-29-25(34)28-2)24(17-36-26)22-5-3-19(14-20(22)16-33)15-31-9-11-35-12-10-31/h3-6,13-14,17,33H,7-12,15-16H2,1-2H3,(H2,28,29,34)/b30-26-. The molecule has 8 nitrogen and oxygen atoms in total. The molecule has 10 heteroatoms. The van der Waals surface area contributed by atoms with Gasteiger partial charge in [0.15, 0.2) is 4.80 Å². The zero-order valence-electron chi connectivity index (χ0n) is 20.6. The Kier molecular flexibility index (Phi) is 8.87. The molecule has 0 saturated carbocycles. The number of carbonyl (C=O) groups excluding carboxylic acids is 1. The molecule has 0 bridgehead atoms. The third kappa shape index (κ3) is 6.38. The number of ether oxygens (including phenoxy) is 1. The number of benzene rings is 2. The van der Waals surface area contributed by atoms with Crippen LogP contribution >= 0.6 is 11.3 Å². The summed E-state index contributed by atoms with van der Waals surface area (Å²) in [5, 5.41) is 17.6. The molecule has 2 amide bonds. The summed E-state index contributed by atoms with van der Waals surface area (Å²) < 4.78 is 21.2. The molecule has 192 valence electrons. The Morgan fingerprint density at radius 2 is 2.03 bits per heavy atom. The quantitative estimate of drug-likeness (QED) is 0.432. The Labute approximate surface area is 214 Å². The lowest BCUT2D eigenvalue weighted by Crippen LogP contribution is -2.36. The van der Waals surface area contributed by atoms with Crippen molar-refractivity contribution < 1.29 is 19.0 Å². The molecule has 1 aliphatic rings. The molecule has 36 heavy (non-hydrogen) atoms. The number of aliphatic hydroxyl groups is 1. The lowest BCUT2D eigenvalue weighted by molar-refractivity contribution is 0.0342. The minimum Gasteiger partial charge on any atom is -0.392 e. The number of thiazole rings is 1. The molecule has 0 atom stereocenters. The molecule has 1 fully saturated rings. The summed E-state index contributed by atoms with van der Waals surface area (Å²) in [5.74, 6) is -0.270. The predicted octanol–water partition coefficient (Wildman–Crippen LogP) is 3.15. The van der Waals surface area contributed by atoms with Gasteiger partial charge in [-0.25, -0.2) is 14.2 Å². The number of aryl methyl sites for hydroxylation is 1. The highest BCUT2D eigenvalue weighted by molar-refractivity contribution is 7.07. The first-order valence-electron chi connectivity index (χ1n) is 12.0. The van der Waals surface area contributed by atoms with Crippen molar-refractivity contribution in [3.05, 3.63) is 69.1 Å². The number of hydrogen-bond donors (Lipinski definition) is 3. The van der Waals surface area contributed by atoms with Gasteiger partial charge < -0.3 is 25.0 Å². The van der Waals surface area contributed by atoms with Crippen LogP contribution in [0.1, 0.15) is 16.7 Å². The van der Waals surface area contributed by atoms with E-state index in [1.54, 1.807) is 26.1 Å². The fraction of sp³-hybridized carbons (Fsp3) is 0.385. The van der Waals surface area contributed by atoms with E-state index in [0.717, 1.165) is 60.0 Å². The van der Waals surface area contributed by atoms with Crippen LogP contribution in [0.5, 0.6) is 0 Å². The summed E-state index contributed by atoms with van der Waals surface area (Å²) in [6, 6.07) is 10.7. The van der Waals surface area contributed by atoms with Gasteiger partial charge in [-0.1, -0.05) is 18.2 Å². The highest BCUT2D eigenvalue weighted by atomic mass is 32.1. The van der Waals surface area contributed by atoms with Gasteiger partial charge in [-0.2, -0.15) is 0 Å². The van der Waals surface area contributed by atoms with E-state index in [0.29, 0.717) is 24.3 Å². The summed E-state index contributed by atoms with van der Waals surface area (Å²) in [6.07, 6.45) is 0. The summed E-state index contributed by atoms with van der Waals surface area (Å²) in [7, 11) is 1.57. The summed E-state index contributed by atoms with van der Waals surface area (Å²) in [6.45, 7) is 6.56. The van der Waals surface area contributed by atoms with Crippen LogP contribution < -0.4 is 15.4 Å². The predicted molar refractivity (Wildman–Crippen MR) is 139 cm³/mol. The number of morpholine rings is 1. The second-order valence-electron chi connectivity index (χ2n) is 8.64. The highest BCUT2D eigenvalue weighted by Crippen LogP contribution is 2.27. The summed E-state index contributed by atoms with van der Waals surface area (Å²) in [5.41, 5.74) is 4.96. The molecule has 1 aromatic heterocycles. The van der Waals surface area contributed by atoms with E-state index in [-0.39, 0.29) is 18.5 Å². The minimum absolute atomic E-state index is 0.0950. The van der Waals surface area contributed by atoms with Crippen molar-refractivity contribution in [1.82, 2.24) is 20.1 Å². The largest absolute Gasteiger partial charge is 0.392 e. The van der Waals surface area contributed by atoms with Gasteiger partial charge in [-0.15, -0.1) is 11.3 Å². The van der Waals surface area contributed by atoms with Crippen molar-refractivity contribution in [3.63, 3.8) is 0 Å². The van der Waals surface area contributed by atoms with Gasteiger partial charge in [0.1, 0.15) is 5.82 Å². The molecule has 0 unspecified atom stereocenters. The van der Waals surface area contributed by atoms with Crippen molar-refractivity contribution >= 4 is 23.1 Å². The number of rotatable bonds is 8. The summed E-state index contributed by atoms with van der Waals surface area (Å²) in [4.78, 5) is 19.5. The van der Waals surface area contributed by atoms with Crippen molar-refractivity contribution in [2.45, 2.75) is 26.6 Å². The summed E-state index contributed by atoms with van der Waals surface area (Å²) >= 11 is 1.46. The number of halogens is 1. The molecule has 0 radical (unpaired) electrons. The van der Waals surface area contributed by atoms with Gasteiger partial charge in [0.25, 0.3) is 0 Å². The van der Waals surface area contributed by atoms with Crippen LogP contribution in [0.15, 0.2) is 46.8 Å². The molecule has 0 aliphatic carbocycles. The zero-order valence-corrected chi connectivity index (χ0v) is 21.4. The lowest BCUT2D eigenvalue weighted by Gasteiger charge is -2.26. The van der Waals surface area contributed by atoms with E-state index < -0.39 is 0 Å². The maximum absolute atomic E-state index is 13.8. The van der Waals surface area contributed by atoms with Crippen LogP contribution in [-0.4, -0.2) is 60.5 Å². The van der Waals surface area contributed by atoms with E-state index >= 15 is 0 Å². The monoisotopic (exact) mass is 513 g/mol.